The zero-order valence-electron chi connectivity index (χ0n) is 20.6. The van der Waals surface area contributed by atoms with Crippen molar-refractivity contribution in [1.82, 2.24) is 9.88 Å². The van der Waals surface area contributed by atoms with E-state index in [0.717, 1.165) is 47.0 Å². The molecule has 0 unspecified atom stereocenters. The maximum atomic E-state index is 12.8. The van der Waals surface area contributed by atoms with Crippen LogP contribution in [0, 0.1) is 0 Å². The minimum Gasteiger partial charge on any atom is -0.462 e. The lowest BCUT2D eigenvalue weighted by Crippen LogP contribution is -2.32. The Labute approximate surface area is 220 Å². The number of halogens is 1. The van der Waals surface area contributed by atoms with E-state index < -0.39 is 0 Å². The molecule has 1 aliphatic heterocycles. The summed E-state index contributed by atoms with van der Waals surface area (Å²) >= 11 is 6.31. The van der Waals surface area contributed by atoms with E-state index in [2.05, 4.69) is 4.98 Å². The van der Waals surface area contributed by atoms with Crippen LogP contribution in [-0.2, 0) is 24.0 Å². The number of nitrogens with zero attached hydrogens (tertiary/aromatic N) is 1. The summed E-state index contributed by atoms with van der Waals surface area (Å²) in [6.45, 7) is 2.44. The van der Waals surface area contributed by atoms with Gasteiger partial charge >= 0.3 is 5.97 Å². The highest BCUT2D eigenvalue weighted by Gasteiger charge is 2.34. The zero-order valence-corrected chi connectivity index (χ0v) is 21.3. The minimum atomic E-state index is -0.313. The van der Waals surface area contributed by atoms with Crippen molar-refractivity contribution in [2.24, 2.45) is 0 Å². The third-order valence-electron chi connectivity index (χ3n) is 6.78. The van der Waals surface area contributed by atoms with Gasteiger partial charge in [0.15, 0.2) is 0 Å². The van der Waals surface area contributed by atoms with E-state index in [4.69, 9.17) is 16.3 Å². The topological polar surface area (TPSA) is 79.5 Å². The van der Waals surface area contributed by atoms with Gasteiger partial charge in [-0.3, -0.25) is 14.5 Å². The second-order valence-corrected chi connectivity index (χ2v) is 9.54. The fourth-order valence-electron chi connectivity index (χ4n) is 4.93. The summed E-state index contributed by atoms with van der Waals surface area (Å²) in [5.74, 6) is -0.799. The lowest BCUT2D eigenvalue weighted by Gasteiger charge is -2.14. The Balaban J connectivity index is 1.30. The molecule has 5 rings (SSSR count). The van der Waals surface area contributed by atoms with Crippen LogP contribution < -0.4 is 0 Å². The standard InChI is InChI=1S/C30H27ClN2O4/c1-2-37-30(36)20-12-10-19(11-13-20)6-5-9-22-25-18-21(31)14-15-26(25)32-27(22)16-17-33-28(34)23-7-3-4-8-24(23)29(33)35/h3-4,7-8,10-15,18,32H,2,5-6,9,16-17H2,1H3. The van der Waals surface area contributed by atoms with E-state index in [1.54, 1.807) is 43.3 Å². The number of carbonyl (C=O) groups is 3. The molecule has 0 bridgehead atoms. The van der Waals surface area contributed by atoms with Crippen LogP contribution in [-0.4, -0.2) is 40.8 Å². The van der Waals surface area contributed by atoms with Gasteiger partial charge in [-0.15, -0.1) is 0 Å². The number of nitrogens with one attached hydrogen (secondary N) is 1. The summed E-state index contributed by atoms with van der Waals surface area (Å²) in [6, 6.07) is 20.2. The Bertz CT molecular complexity index is 1450. The minimum absolute atomic E-state index is 0.243. The van der Waals surface area contributed by atoms with Gasteiger partial charge in [-0.1, -0.05) is 35.9 Å². The number of aromatic nitrogens is 1. The first-order valence-corrected chi connectivity index (χ1v) is 12.8. The van der Waals surface area contributed by atoms with Gasteiger partial charge < -0.3 is 9.72 Å². The molecule has 0 aliphatic carbocycles. The highest BCUT2D eigenvalue weighted by Crippen LogP contribution is 2.29. The first-order chi connectivity index (χ1) is 18.0. The average Bonchev–Trinajstić information content (AvgIpc) is 3.37. The molecule has 0 fully saturated rings. The number of ether oxygens (including phenoxy) is 1. The van der Waals surface area contributed by atoms with Crippen molar-refractivity contribution in [1.29, 1.82) is 0 Å². The van der Waals surface area contributed by atoms with Crippen molar-refractivity contribution in [3.8, 4) is 0 Å². The molecule has 0 saturated carbocycles. The van der Waals surface area contributed by atoms with E-state index in [9.17, 15) is 14.4 Å². The number of benzene rings is 3. The smallest absolute Gasteiger partial charge is 0.338 e. The molecule has 2 amide bonds. The van der Waals surface area contributed by atoms with Crippen molar-refractivity contribution >= 4 is 40.3 Å². The third-order valence-corrected chi connectivity index (χ3v) is 7.01. The van der Waals surface area contributed by atoms with E-state index in [1.807, 2.05) is 30.3 Å². The molecule has 4 aromatic rings. The quantitative estimate of drug-likeness (QED) is 0.219. The van der Waals surface area contributed by atoms with Crippen molar-refractivity contribution in [3.63, 3.8) is 0 Å². The number of hydrogen-bond acceptors (Lipinski definition) is 4. The Kier molecular flexibility index (Phi) is 7.10. The SMILES string of the molecule is CCOC(=O)c1ccc(CCCc2c(CCN3C(=O)c4ccccc4C3=O)[nH]c3ccc(Cl)cc23)cc1. The van der Waals surface area contributed by atoms with Gasteiger partial charge in [0, 0.05) is 34.6 Å². The monoisotopic (exact) mass is 514 g/mol. The van der Waals surface area contributed by atoms with Gasteiger partial charge in [-0.05, 0) is 79.8 Å². The van der Waals surface area contributed by atoms with Crippen LogP contribution in [0.1, 0.15) is 61.2 Å². The lowest BCUT2D eigenvalue weighted by atomic mass is 10.00. The molecule has 3 aromatic carbocycles. The molecule has 188 valence electrons. The molecule has 6 nitrogen and oxygen atoms in total. The van der Waals surface area contributed by atoms with Crippen molar-refractivity contribution < 1.29 is 19.1 Å². The summed E-state index contributed by atoms with van der Waals surface area (Å²) in [4.78, 5) is 42.3. The number of rotatable bonds is 9. The van der Waals surface area contributed by atoms with Crippen LogP contribution >= 0.6 is 11.6 Å². The van der Waals surface area contributed by atoms with Crippen molar-refractivity contribution in [2.75, 3.05) is 13.2 Å². The summed E-state index contributed by atoms with van der Waals surface area (Å²) in [7, 11) is 0. The van der Waals surface area contributed by atoms with Gasteiger partial charge in [0.2, 0.25) is 0 Å². The zero-order chi connectivity index (χ0) is 25.9. The lowest BCUT2D eigenvalue weighted by molar-refractivity contribution is 0.0525. The predicted octanol–water partition coefficient (Wildman–Crippen LogP) is 6.01. The predicted molar refractivity (Wildman–Crippen MR) is 143 cm³/mol. The average molecular weight is 515 g/mol. The maximum absolute atomic E-state index is 12.8. The van der Waals surface area contributed by atoms with Crippen molar-refractivity contribution in [3.05, 3.63) is 105 Å². The highest BCUT2D eigenvalue weighted by atomic mass is 35.5. The first kappa shape index (κ1) is 24.8. The molecule has 1 N–H and O–H groups in total. The molecule has 0 atom stereocenters. The van der Waals surface area contributed by atoms with Crippen molar-refractivity contribution in [2.45, 2.75) is 32.6 Å². The number of esters is 1. The summed E-state index contributed by atoms with van der Waals surface area (Å²) in [5, 5.41) is 1.72. The van der Waals surface area contributed by atoms with E-state index in [1.165, 1.54) is 4.90 Å². The van der Waals surface area contributed by atoms with E-state index in [-0.39, 0.29) is 17.8 Å². The molecule has 37 heavy (non-hydrogen) atoms. The van der Waals surface area contributed by atoms with Gasteiger partial charge in [0.05, 0.1) is 23.3 Å². The van der Waals surface area contributed by atoms with Gasteiger partial charge in [-0.2, -0.15) is 0 Å². The largest absolute Gasteiger partial charge is 0.462 e. The third kappa shape index (κ3) is 5.02. The summed E-state index contributed by atoms with van der Waals surface area (Å²) in [6.07, 6.45) is 3.06. The Morgan fingerprint density at radius 1 is 0.919 bits per heavy atom. The molecular formula is C30H27ClN2O4. The summed E-state index contributed by atoms with van der Waals surface area (Å²) in [5.41, 5.74) is 5.75. The molecule has 0 radical (unpaired) electrons. The molecule has 0 spiro atoms. The number of aromatic amines is 1. The molecular weight excluding hydrogens is 488 g/mol. The number of H-pyrrole nitrogens is 1. The van der Waals surface area contributed by atoms with Gasteiger partial charge in [0.25, 0.3) is 11.8 Å². The van der Waals surface area contributed by atoms with E-state index in [0.29, 0.717) is 41.3 Å². The Morgan fingerprint density at radius 2 is 1.62 bits per heavy atom. The normalized spacial score (nSPS) is 12.9. The van der Waals surface area contributed by atoms with Crippen LogP contribution in [0.25, 0.3) is 10.9 Å². The first-order valence-electron chi connectivity index (χ1n) is 12.5. The number of imide groups is 1. The fourth-order valence-corrected chi connectivity index (χ4v) is 5.10. The number of fused-ring (bicyclic) bond motifs is 2. The van der Waals surface area contributed by atoms with Crippen LogP contribution in [0.3, 0.4) is 0 Å². The number of aryl methyl sites for hydroxylation is 2. The molecule has 2 heterocycles. The fraction of sp³-hybridized carbons (Fsp3) is 0.233. The molecule has 7 heteroatoms. The number of amides is 2. The second kappa shape index (κ2) is 10.6. The molecule has 0 saturated heterocycles. The maximum Gasteiger partial charge on any atom is 0.338 e. The Hall–Kier alpha value is -3.90. The number of hydrogen-bond donors (Lipinski definition) is 1. The van der Waals surface area contributed by atoms with Gasteiger partial charge in [-0.25, -0.2) is 4.79 Å². The number of carbonyl (C=O) groups excluding carboxylic acids is 3. The van der Waals surface area contributed by atoms with Crippen LogP contribution in [0.5, 0.6) is 0 Å². The van der Waals surface area contributed by atoms with E-state index >= 15 is 0 Å². The highest BCUT2D eigenvalue weighted by molar-refractivity contribution is 6.31. The van der Waals surface area contributed by atoms with Crippen LogP contribution in [0.4, 0.5) is 0 Å². The van der Waals surface area contributed by atoms with Crippen LogP contribution in [0.15, 0.2) is 66.7 Å². The Morgan fingerprint density at radius 3 is 2.30 bits per heavy atom. The van der Waals surface area contributed by atoms with Crippen LogP contribution in [0.2, 0.25) is 5.02 Å². The van der Waals surface area contributed by atoms with Gasteiger partial charge in [0.1, 0.15) is 0 Å². The molecule has 1 aromatic heterocycles. The summed E-state index contributed by atoms with van der Waals surface area (Å²) < 4.78 is 5.05. The second-order valence-electron chi connectivity index (χ2n) is 9.10. The molecule has 1 aliphatic rings.